The van der Waals surface area contributed by atoms with Gasteiger partial charge in [-0.2, -0.15) is 0 Å². The van der Waals surface area contributed by atoms with Crippen molar-refractivity contribution in [3.63, 3.8) is 0 Å². The van der Waals surface area contributed by atoms with Gasteiger partial charge >= 0.3 is 5.97 Å². The maximum absolute atomic E-state index is 12.9. The normalized spacial score (nSPS) is 13.6. The average Bonchev–Trinajstić information content (AvgIpc) is 3.09. The number of thiophene rings is 1. The maximum atomic E-state index is 12.9. The first-order valence-electron chi connectivity index (χ1n) is 8.63. The van der Waals surface area contributed by atoms with E-state index < -0.39 is 0 Å². The number of methoxy groups -OCH3 is 1. The molecule has 1 amide bonds. The summed E-state index contributed by atoms with van der Waals surface area (Å²) in [6.07, 6.45) is 1.99. The number of carbonyl (C=O) groups excluding carboxylic acids is 2. The number of fused-ring (bicyclic) bond motifs is 3. The third-order valence-electron chi connectivity index (χ3n) is 4.71. The number of hydrogen-bond donors (Lipinski definition) is 0. The van der Waals surface area contributed by atoms with Gasteiger partial charge in [0.05, 0.1) is 17.9 Å². The van der Waals surface area contributed by atoms with Crippen LogP contribution in [-0.4, -0.2) is 37.0 Å². The summed E-state index contributed by atoms with van der Waals surface area (Å²) in [5.74, 6) is -0.620. The standard InChI is InChI=1S/C20H23NO3S/c1-4-21(12-13(2)20(23)24-3)19(22)17-11-15-10-9-14-7-5-6-8-16(14)18(15)25-17/h5-8,11,13H,4,9-10,12H2,1-3H3. The molecule has 0 fully saturated rings. The lowest BCUT2D eigenvalue weighted by molar-refractivity contribution is -0.145. The fraction of sp³-hybridized carbons (Fsp3) is 0.400. The molecule has 25 heavy (non-hydrogen) atoms. The Balaban J connectivity index is 1.84. The zero-order valence-corrected chi connectivity index (χ0v) is 15.7. The molecule has 1 aliphatic carbocycles. The van der Waals surface area contributed by atoms with Crippen LogP contribution in [0.2, 0.25) is 0 Å². The lowest BCUT2D eigenvalue weighted by Gasteiger charge is -2.22. The minimum Gasteiger partial charge on any atom is -0.469 e. The summed E-state index contributed by atoms with van der Waals surface area (Å²) in [5, 5.41) is 0. The van der Waals surface area contributed by atoms with Crippen molar-refractivity contribution >= 4 is 23.2 Å². The predicted octanol–water partition coefficient (Wildman–Crippen LogP) is 3.78. The van der Waals surface area contributed by atoms with Gasteiger partial charge < -0.3 is 9.64 Å². The van der Waals surface area contributed by atoms with Crippen LogP contribution < -0.4 is 0 Å². The first kappa shape index (κ1) is 17.7. The number of hydrogen-bond acceptors (Lipinski definition) is 4. The molecule has 3 rings (SSSR count). The van der Waals surface area contributed by atoms with Crippen LogP contribution in [0.1, 0.15) is 34.6 Å². The van der Waals surface area contributed by atoms with Crippen molar-refractivity contribution in [2.45, 2.75) is 26.7 Å². The fourth-order valence-corrected chi connectivity index (χ4v) is 4.53. The third-order valence-corrected chi connectivity index (χ3v) is 5.91. The number of ether oxygens (including phenoxy) is 1. The van der Waals surface area contributed by atoms with Crippen molar-refractivity contribution in [3.05, 3.63) is 46.3 Å². The van der Waals surface area contributed by atoms with Crippen LogP contribution in [0.3, 0.4) is 0 Å². The smallest absolute Gasteiger partial charge is 0.310 e. The Bertz CT molecular complexity index is 796. The second-order valence-corrected chi connectivity index (χ2v) is 7.44. The van der Waals surface area contributed by atoms with E-state index in [2.05, 4.69) is 18.2 Å². The number of carbonyl (C=O) groups is 2. The fourth-order valence-electron chi connectivity index (χ4n) is 3.29. The molecule has 1 heterocycles. The molecular formula is C20H23NO3S. The summed E-state index contributed by atoms with van der Waals surface area (Å²) >= 11 is 1.56. The van der Waals surface area contributed by atoms with Crippen molar-refractivity contribution in [2.24, 2.45) is 5.92 Å². The van der Waals surface area contributed by atoms with Gasteiger partial charge in [0.2, 0.25) is 0 Å². The summed E-state index contributed by atoms with van der Waals surface area (Å²) in [4.78, 5) is 28.3. The highest BCUT2D eigenvalue weighted by Gasteiger charge is 2.25. The molecule has 1 unspecified atom stereocenters. The van der Waals surface area contributed by atoms with Crippen molar-refractivity contribution in [1.29, 1.82) is 0 Å². The number of nitrogens with zero attached hydrogens (tertiary/aromatic N) is 1. The Labute approximate surface area is 152 Å². The van der Waals surface area contributed by atoms with Gasteiger partial charge in [-0.15, -0.1) is 11.3 Å². The first-order valence-corrected chi connectivity index (χ1v) is 9.44. The number of aryl methyl sites for hydroxylation is 2. The number of benzene rings is 1. The topological polar surface area (TPSA) is 46.6 Å². The minimum absolute atomic E-state index is 0.00451. The van der Waals surface area contributed by atoms with Crippen LogP contribution in [0.5, 0.6) is 0 Å². The molecule has 0 radical (unpaired) electrons. The van der Waals surface area contributed by atoms with Gasteiger partial charge in [-0.1, -0.05) is 31.2 Å². The van der Waals surface area contributed by atoms with Crippen molar-refractivity contribution in [3.8, 4) is 10.4 Å². The number of rotatable bonds is 5. The minimum atomic E-state index is -0.329. The summed E-state index contributed by atoms with van der Waals surface area (Å²) in [6.45, 7) is 4.67. The number of amides is 1. The van der Waals surface area contributed by atoms with Crippen LogP contribution in [0.25, 0.3) is 10.4 Å². The molecule has 0 saturated heterocycles. The van der Waals surface area contributed by atoms with Gasteiger partial charge in [0.25, 0.3) is 5.91 Å². The van der Waals surface area contributed by atoms with E-state index in [-0.39, 0.29) is 17.8 Å². The molecule has 5 heteroatoms. The van der Waals surface area contributed by atoms with E-state index in [0.29, 0.717) is 13.1 Å². The van der Waals surface area contributed by atoms with E-state index in [9.17, 15) is 9.59 Å². The summed E-state index contributed by atoms with van der Waals surface area (Å²) in [7, 11) is 1.38. The average molecular weight is 357 g/mol. The zero-order valence-electron chi connectivity index (χ0n) is 14.9. The summed E-state index contributed by atoms with van der Waals surface area (Å²) in [6, 6.07) is 10.4. The van der Waals surface area contributed by atoms with Gasteiger partial charge in [-0.05, 0) is 42.5 Å². The Kier molecular flexibility index (Phi) is 5.23. The van der Waals surface area contributed by atoms with Crippen molar-refractivity contribution in [2.75, 3.05) is 20.2 Å². The van der Waals surface area contributed by atoms with E-state index in [0.717, 1.165) is 17.7 Å². The first-order chi connectivity index (χ1) is 12.0. The molecule has 0 saturated carbocycles. The molecule has 2 aromatic rings. The van der Waals surface area contributed by atoms with Crippen LogP contribution in [0.15, 0.2) is 30.3 Å². The molecular weight excluding hydrogens is 334 g/mol. The highest BCUT2D eigenvalue weighted by molar-refractivity contribution is 7.17. The second kappa shape index (κ2) is 7.40. The molecule has 0 spiro atoms. The quantitative estimate of drug-likeness (QED) is 0.765. The molecule has 1 aromatic carbocycles. The molecule has 132 valence electrons. The summed E-state index contributed by atoms with van der Waals surface area (Å²) in [5.41, 5.74) is 3.85. The van der Waals surface area contributed by atoms with Gasteiger partial charge in [0.15, 0.2) is 0 Å². The van der Waals surface area contributed by atoms with E-state index >= 15 is 0 Å². The highest BCUT2D eigenvalue weighted by Crippen LogP contribution is 2.39. The maximum Gasteiger partial charge on any atom is 0.310 e. The monoisotopic (exact) mass is 357 g/mol. The molecule has 4 nitrogen and oxygen atoms in total. The van der Waals surface area contributed by atoms with Crippen molar-refractivity contribution in [1.82, 2.24) is 4.90 Å². The number of esters is 1. The van der Waals surface area contributed by atoms with E-state index in [1.807, 2.05) is 19.1 Å². The molecule has 0 N–H and O–H groups in total. The highest BCUT2D eigenvalue weighted by atomic mass is 32.1. The van der Waals surface area contributed by atoms with Gasteiger partial charge in [0.1, 0.15) is 0 Å². The van der Waals surface area contributed by atoms with E-state index in [4.69, 9.17) is 4.74 Å². The lowest BCUT2D eigenvalue weighted by Crippen LogP contribution is -2.36. The Morgan fingerprint density at radius 2 is 1.96 bits per heavy atom. The van der Waals surface area contributed by atoms with Crippen LogP contribution in [-0.2, 0) is 22.4 Å². The Morgan fingerprint density at radius 3 is 2.68 bits per heavy atom. The Morgan fingerprint density at radius 1 is 1.24 bits per heavy atom. The van der Waals surface area contributed by atoms with E-state index in [1.165, 1.54) is 28.7 Å². The van der Waals surface area contributed by atoms with Crippen molar-refractivity contribution < 1.29 is 14.3 Å². The molecule has 0 aliphatic heterocycles. The van der Waals surface area contributed by atoms with E-state index in [1.54, 1.807) is 23.2 Å². The largest absolute Gasteiger partial charge is 0.469 e. The van der Waals surface area contributed by atoms with Crippen LogP contribution in [0, 0.1) is 5.92 Å². The molecule has 0 bridgehead atoms. The Hall–Kier alpha value is -2.14. The van der Waals surface area contributed by atoms with Gasteiger partial charge in [-0.25, -0.2) is 0 Å². The van der Waals surface area contributed by atoms with Crippen LogP contribution >= 0.6 is 11.3 Å². The summed E-state index contributed by atoms with van der Waals surface area (Å²) < 4.78 is 4.77. The SMILES string of the molecule is CCN(CC(C)C(=O)OC)C(=O)c1cc2c(s1)-c1ccccc1CC2. The zero-order chi connectivity index (χ0) is 18.0. The van der Waals surface area contributed by atoms with Crippen LogP contribution in [0.4, 0.5) is 0 Å². The lowest BCUT2D eigenvalue weighted by atomic mass is 9.91. The molecule has 1 aromatic heterocycles. The third kappa shape index (κ3) is 3.47. The van der Waals surface area contributed by atoms with Gasteiger partial charge in [0, 0.05) is 18.0 Å². The molecule has 1 atom stereocenters. The second-order valence-electron chi connectivity index (χ2n) is 6.39. The van der Waals surface area contributed by atoms with Gasteiger partial charge in [-0.3, -0.25) is 9.59 Å². The molecule has 1 aliphatic rings. The predicted molar refractivity (Wildman–Crippen MR) is 99.9 cm³/mol.